The van der Waals surface area contributed by atoms with Crippen LogP contribution in [0.1, 0.15) is 6.92 Å². The maximum atomic E-state index is 11.2. The van der Waals surface area contributed by atoms with Crippen LogP contribution in [-0.4, -0.2) is 17.9 Å². The summed E-state index contributed by atoms with van der Waals surface area (Å²) >= 11 is 0. The maximum absolute atomic E-state index is 11.2. The van der Waals surface area contributed by atoms with Crippen molar-refractivity contribution < 1.29 is 28.9 Å². The van der Waals surface area contributed by atoms with Crippen molar-refractivity contribution in [3.8, 4) is 0 Å². The Hall–Kier alpha value is -2.37. The fourth-order valence-corrected chi connectivity index (χ4v) is 0.538. The van der Waals surface area contributed by atoms with Crippen molar-refractivity contribution in [3.05, 3.63) is 37.1 Å². The van der Waals surface area contributed by atoms with E-state index in [1.165, 1.54) is 6.08 Å². The van der Waals surface area contributed by atoms with Gasteiger partial charge in [-0.3, -0.25) is 0 Å². The lowest BCUT2D eigenvalue weighted by Gasteiger charge is -2.04. The molecule has 0 saturated carbocycles. The van der Waals surface area contributed by atoms with Gasteiger partial charge in [0.2, 0.25) is 5.76 Å². The second kappa shape index (κ2) is 6.99. The third-order valence-electron chi connectivity index (χ3n) is 1.08. The highest BCUT2D eigenvalue weighted by Gasteiger charge is 2.17. The smallest absolute Gasteiger partial charge is 0.415 e. The van der Waals surface area contributed by atoms with Gasteiger partial charge in [0, 0.05) is 13.0 Å². The minimum atomic E-state index is -1.13. The first-order valence-corrected chi connectivity index (χ1v) is 4.07. The topological polar surface area (TPSA) is 78.9 Å². The Morgan fingerprint density at radius 3 is 2.19 bits per heavy atom. The zero-order valence-corrected chi connectivity index (χ0v) is 8.60. The summed E-state index contributed by atoms with van der Waals surface area (Å²) in [6.07, 6.45) is 3.13. The van der Waals surface area contributed by atoms with Gasteiger partial charge in [-0.15, -0.1) is 0 Å². The molecule has 0 radical (unpaired) electrons. The zero-order valence-electron chi connectivity index (χ0n) is 8.60. The summed E-state index contributed by atoms with van der Waals surface area (Å²) in [7, 11) is 0. The van der Waals surface area contributed by atoms with Crippen LogP contribution in [0.25, 0.3) is 0 Å². The van der Waals surface area contributed by atoms with E-state index in [4.69, 9.17) is 0 Å². The molecule has 0 aliphatic rings. The number of hydrogen-bond acceptors (Lipinski definition) is 6. The molecular weight excluding hydrogens is 216 g/mol. The van der Waals surface area contributed by atoms with Crippen LogP contribution < -0.4 is 0 Å². The molecule has 0 N–H and O–H groups in total. The molecule has 0 bridgehead atoms. The van der Waals surface area contributed by atoms with Crippen LogP contribution in [0.5, 0.6) is 0 Å². The molecule has 0 rings (SSSR count). The van der Waals surface area contributed by atoms with Crippen LogP contribution >= 0.6 is 0 Å². The van der Waals surface area contributed by atoms with Crippen molar-refractivity contribution in [2.75, 3.05) is 0 Å². The molecule has 0 unspecified atom stereocenters. The highest BCUT2D eigenvalue weighted by molar-refractivity contribution is 5.92. The highest BCUT2D eigenvalue weighted by Crippen LogP contribution is 2.03. The summed E-state index contributed by atoms with van der Waals surface area (Å²) in [6, 6.07) is 0. The number of carbonyl (C=O) groups is 3. The second-order valence-electron chi connectivity index (χ2n) is 2.34. The highest BCUT2D eigenvalue weighted by atomic mass is 17.2. The van der Waals surface area contributed by atoms with E-state index in [-0.39, 0.29) is 0 Å². The Labute approximate surface area is 91.7 Å². The van der Waals surface area contributed by atoms with Crippen LogP contribution in [0.15, 0.2) is 37.1 Å². The first-order valence-electron chi connectivity index (χ1n) is 4.07. The first-order chi connectivity index (χ1) is 7.51. The van der Waals surface area contributed by atoms with Gasteiger partial charge in [0.1, 0.15) is 0 Å². The molecule has 16 heavy (non-hydrogen) atoms. The van der Waals surface area contributed by atoms with E-state index in [1.54, 1.807) is 0 Å². The van der Waals surface area contributed by atoms with Crippen LogP contribution in [0.2, 0.25) is 0 Å². The average Bonchev–Trinajstić information content (AvgIpc) is 2.24. The predicted molar refractivity (Wildman–Crippen MR) is 52.4 cm³/mol. The van der Waals surface area contributed by atoms with E-state index in [0.717, 1.165) is 19.1 Å². The van der Waals surface area contributed by atoms with E-state index < -0.39 is 23.7 Å². The van der Waals surface area contributed by atoms with Gasteiger partial charge in [-0.05, 0) is 6.08 Å². The number of hydrogen-bond donors (Lipinski definition) is 0. The largest absolute Gasteiger partial charge is 0.421 e. The third kappa shape index (κ3) is 5.38. The Balaban J connectivity index is 4.53. The van der Waals surface area contributed by atoms with Crippen LogP contribution in [-0.2, 0) is 28.9 Å². The lowest BCUT2D eigenvalue weighted by molar-refractivity contribution is -0.255. The molecule has 0 aromatic rings. The molecule has 0 aromatic carbocycles. The molecule has 86 valence electrons. The normalized spacial score (nSPS) is 9.94. The van der Waals surface area contributed by atoms with Gasteiger partial charge in [0.15, 0.2) is 0 Å². The van der Waals surface area contributed by atoms with E-state index in [2.05, 4.69) is 27.7 Å². The van der Waals surface area contributed by atoms with E-state index in [1.807, 2.05) is 0 Å². The summed E-state index contributed by atoms with van der Waals surface area (Å²) in [5.41, 5.74) is 0. The SMILES string of the molecule is C=C/C=C(/OC(=O)C=C)C(=O)OOC(C)=O. The molecule has 0 amide bonds. The molecule has 0 atom stereocenters. The molecule has 0 aromatic heterocycles. The summed E-state index contributed by atoms with van der Waals surface area (Å²) in [5.74, 6) is -3.28. The number of esters is 1. The number of rotatable bonds is 4. The zero-order chi connectivity index (χ0) is 12.6. The standard InChI is InChI=1S/C10H10O6/c1-4-6-8(14-9(12)5-2)10(13)16-15-7(3)11/h4-6H,1-2H2,3H3/b8-6+. The van der Waals surface area contributed by atoms with Gasteiger partial charge in [0.05, 0.1) is 0 Å². The van der Waals surface area contributed by atoms with Gasteiger partial charge < -0.3 is 4.74 Å². The van der Waals surface area contributed by atoms with Crippen molar-refractivity contribution in [3.63, 3.8) is 0 Å². The minimum absolute atomic E-state index is 0.471. The molecular formula is C10H10O6. The monoisotopic (exact) mass is 226 g/mol. The number of ether oxygens (including phenoxy) is 1. The lowest BCUT2D eigenvalue weighted by atomic mass is 10.4. The molecule has 0 heterocycles. The summed E-state index contributed by atoms with van der Waals surface area (Å²) in [5, 5.41) is 0. The van der Waals surface area contributed by atoms with E-state index in [9.17, 15) is 14.4 Å². The summed E-state index contributed by atoms with van der Waals surface area (Å²) < 4.78 is 4.50. The van der Waals surface area contributed by atoms with Crippen molar-refractivity contribution in [2.24, 2.45) is 0 Å². The second-order valence-corrected chi connectivity index (χ2v) is 2.34. The Bertz CT molecular complexity index is 352. The van der Waals surface area contributed by atoms with E-state index >= 15 is 0 Å². The lowest BCUT2D eigenvalue weighted by Crippen LogP contribution is -2.15. The quantitative estimate of drug-likeness (QED) is 0.176. The van der Waals surface area contributed by atoms with Crippen molar-refractivity contribution in [1.29, 1.82) is 0 Å². The van der Waals surface area contributed by atoms with Crippen molar-refractivity contribution in [2.45, 2.75) is 6.92 Å². The molecule has 6 heteroatoms. The van der Waals surface area contributed by atoms with Crippen LogP contribution in [0.4, 0.5) is 0 Å². The van der Waals surface area contributed by atoms with Crippen molar-refractivity contribution in [1.82, 2.24) is 0 Å². The maximum Gasteiger partial charge on any atom is 0.421 e. The molecule has 6 nitrogen and oxygen atoms in total. The van der Waals surface area contributed by atoms with Crippen LogP contribution in [0, 0.1) is 0 Å². The number of allylic oxidation sites excluding steroid dienone is 2. The fraction of sp³-hybridized carbons (Fsp3) is 0.100. The van der Waals surface area contributed by atoms with E-state index in [0.29, 0.717) is 0 Å². The third-order valence-corrected chi connectivity index (χ3v) is 1.08. The van der Waals surface area contributed by atoms with Crippen molar-refractivity contribution >= 4 is 17.9 Å². The number of carbonyl (C=O) groups excluding carboxylic acids is 3. The molecule has 0 fully saturated rings. The van der Waals surface area contributed by atoms with Crippen LogP contribution in [0.3, 0.4) is 0 Å². The molecule has 0 aliphatic heterocycles. The van der Waals surface area contributed by atoms with Gasteiger partial charge in [0.25, 0.3) is 0 Å². The minimum Gasteiger partial charge on any atom is -0.415 e. The van der Waals surface area contributed by atoms with Gasteiger partial charge in [-0.1, -0.05) is 19.2 Å². The first kappa shape index (κ1) is 13.6. The molecule has 0 saturated heterocycles. The molecule has 0 spiro atoms. The fourth-order valence-electron chi connectivity index (χ4n) is 0.538. The Morgan fingerprint density at radius 2 is 1.75 bits per heavy atom. The summed E-state index contributed by atoms with van der Waals surface area (Å²) in [6.45, 7) is 7.49. The average molecular weight is 226 g/mol. The Kier molecular flexibility index (Phi) is 5.96. The Morgan fingerprint density at radius 1 is 1.12 bits per heavy atom. The predicted octanol–water partition coefficient (Wildman–Crippen LogP) is 0.807. The van der Waals surface area contributed by atoms with Gasteiger partial charge in [-0.25, -0.2) is 24.2 Å². The molecule has 0 aliphatic carbocycles. The van der Waals surface area contributed by atoms with Gasteiger partial charge >= 0.3 is 17.9 Å². The van der Waals surface area contributed by atoms with Gasteiger partial charge in [-0.2, -0.15) is 0 Å². The summed E-state index contributed by atoms with van der Waals surface area (Å²) in [4.78, 5) is 40.3.